The summed E-state index contributed by atoms with van der Waals surface area (Å²) in [7, 11) is 1.04. The van der Waals surface area contributed by atoms with Crippen LogP contribution in [0.15, 0.2) is 29.2 Å². The predicted octanol–water partition coefficient (Wildman–Crippen LogP) is 2.88. The summed E-state index contributed by atoms with van der Waals surface area (Å²) >= 11 is 0. The van der Waals surface area contributed by atoms with Gasteiger partial charge in [-0.05, 0) is 36.0 Å². The number of benzene rings is 1. The lowest BCUT2D eigenvalue weighted by Gasteiger charge is -2.27. The minimum atomic E-state index is -3.47. The highest BCUT2D eigenvalue weighted by atomic mass is 32.2. The molecule has 2 aliphatic rings. The van der Waals surface area contributed by atoms with Crippen LogP contribution in [0.4, 0.5) is 0 Å². The molecule has 1 aromatic carbocycles. The van der Waals surface area contributed by atoms with Gasteiger partial charge in [0.2, 0.25) is 10.0 Å². The predicted molar refractivity (Wildman–Crippen MR) is 108 cm³/mol. The average Bonchev–Trinajstić information content (AvgIpc) is 3.12. The quantitative estimate of drug-likeness (QED) is 0.677. The molecule has 7 heteroatoms. The van der Waals surface area contributed by atoms with Crippen molar-refractivity contribution in [2.75, 3.05) is 27.7 Å². The fraction of sp³-hybridized carbons (Fsp3) is 0.667. The molecule has 0 unspecified atom stereocenters. The number of sulfonamides is 1. The third-order valence-corrected chi connectivity index (χ3v) is 8.10. The number of ether oxygens (including phenoxy) is 1. The lowest BCUT2D eigenvalue weighted by Crippen LogP contribution is -2.36. The first-order valence-electron chi connectivity index (χ1n) is 10.2. The van der Waals surface area contributed by atoms with E-state index in [-0.39, 0.29) is 16.9 Å². The molecule has 0 bridgehead atoms. The van der Waals surface area contributed by atoms with E-state index in [9.17, 15) is 13.2 Å². The summed E-state index contributed by atoms with van der Waals surface area (Å²) in [6.07, 6.45) is 7.24. The van der Waals surface area contributed by atoms with Crippen LogP contribution in [-0.2, 0) is 26.1 Å². The molecule has 0 N–H and O–H groups in total. The molecule has 0 spiro atoms. The molecule has 1 saturated carbocycles. The van der Waals surface area contributed by atoms with Gasteiger partial charge in [0.15, 0.2) is 0 Å². The highest BCUT2D eigenvalue weighted by Crippen LogP contribution is 2.38. The Morgan fingerprint density at radius 3 is 2.54 bits per heavy atom. The maximum Gasteiger partial charge on any atom is 0.323 e. The summed E-state index contributed by atoms with van der Waals surface area (Å²) in [6, 6.07) is 6.79. The van der Waals surface area contributed by atoms with Crippen LogP contribution in [0.3, 0.4) is 0 Å². The zero-order valence-corrected chi connectivity index (χ0v) is 18.0. The third-order valence-electron chi connectivity index (χ3n) is 6.29. The molecular weight excluding hydrogens is 376 g/mol. The number of carbonyl (C=O) groups is 1. The summed E-state index contributed by atoms with van der Waals surface area (Å²) in [5.41, 5.74) is 0.904. The number of hydrogen-bond acceptors (Lipinski definition) is 5. The Balaban J connectivity index is 1.78. The van der Waals surface area contributed by atoms with Gasteiger partial charge in [-0.3, -0.25) is 9.69 Å². The summed E-state index contributed by atoms with van der Waals surface area (Å²) < 4.78 is 31.2. The fourth-order valence-electron chi connectivity index (χ4n) is 4.69. The second-order valence-corrected chi connectivity index (χ2v) is 10.4. The third kappa shape index (κ3) is 4.58. The van der Waals surface area contributed by atoms with Gasteiger partial charge in [-0.15, -0.1) is 0 Å². The molecule has 156 valence electrons. The minimum absolute atomic E-state index is 0.185. The lowest BCUT2D eigenvalue weighted by atomic mass is 9.79. The smallest absolute Gasteiger partial charge is 0.323 e. The van der Waals surface area contributed by atoms with E-state index in [0.717, 1.165) is 18.5 Å². The highest BCUT2D eigenvalue weighted by molar-refractivity contribution is 7.89. The lowest BCUT2D eigenvalue weighted by molar-refractivity contribution is -0.146. The van der Waals surface area contributed by atoms with Crippen molar-refractivity contribution in [2.24, 2.45) is 11.8 Å². The topological polar surface area (TPSA) is 66.9 Å². The minimum Gasteiger partial charge on any atom is -0.468 e. The molecular formula is C21H32N2O4S. The summed E-state index contributed by atoms with van der Waals surface area (Å²) in [5.74, 6) is 1.01. The van der Waals surface area contributed by atoms with Crippen LogP contribution < -0.4 is 0 Å². The summed E-state index contributed by atoms with van der Waals surface area (Å²) in [6.45, 7) is 1.43. The zero-order chi connectivity index (χ0) is 20.3. The van der Waals surface area contributed by atoms with Crippen molar-refractivity contribution in [2.45, 2.75) is 56.0 Å². The van der Waals surface area contributed by atoms with Gasteiger partial charge in [0.1, 0.15) is 6.04 Å². The summed E-state index contributed by atoms with van der Waals surface area (Å²) in [4.78, 5) is 14.9. The van der Waals surface area contributed by atoms with Crippen molar-refractivity contribution in [3.63, 3.8) is 0 Å². The van der Waals surface area contributed by atoms with E-state index in [2.05, 4.69) is 4.90 Å². The zero-order valence-electron chi connectivity index (χ0n) is 17.1. The molecule has 1 aliphatic heterocycles. The molecule has 1 aromatic rings. The molecule has 0 aromatic heterocycles. The first-order chi connectivity index (χ1) is 13.3. The monoisotopic (exact) mass is 408 g/mol. The van der Waals surface area contributed by atoms with Gasteiger partial charge in [0, 0.05) is 27.2 Å². The van der Waals surface area contributed by atoms with Crippen molar-refractivity contribution in [3.8, 4) is 0 Å². The van der Waals surface area contributed by atoms with E-state index >= 15 is 0 Å². The average molecular weight is 409 g/mol. The Morgan fingerprint density at radius 2 is 1.89 bits per heavy atom. The Hall–Kier alpha value is -1.44. The number of methoxy groups -OCH3 is 1. The van der Waals surface area contributed by atoms with E-state index in [1.54, 1.807) is 18.2 Å². The van der Waals surface area contributed by atoms with Crippen molar-refractivity contribution in [1.29, 1.82) is 0 Å². The Morgan fingerprint density at radius 1 is 1.18 bits per heavy atom. The van der Waals surface area contributed by atoms with E-state index < -0.39 is 10.0 Å². The van der Waals surface area contributed by atoms with E-state index in [0.29, 0.717) is 18.4 Å². The highest BCUT2D eigenvalue weighted by Gasteiger charge is 2.40. The molecule has 2 fully saturated rings. The molecule has 28 heavy (non-hydrogen) atoms. The SMILES string of the molecule is COC(=O)[C@@H]1C[C@@H](C2CCCCC2)CN1Cc1cccc(S(=O)(=O)N(C)C)c1. The van der Waals surface area contributed by atoms with Crippen LogP contribution in [0.25, 0.3) is 0 Å². The van der Waals surface area contributed by atoms with E-state index in [4.69, 9.17) is 4.74 Å². The maximum absolute atomic E-state index is 12.4. The molecule has 3 rings (SSSR count). The summed E-state index contributed by atoms with van der Waals surface area (Å²) in [5, 5.41) is 0. The van der Waals surface area contributed by atoms with Gasteiger partial charge in [-0.2, -0.15) is 0 Å². The van der Waals surface area contributed by atoms with E-state index in [1.807, 2.05) is 6.07 Å². The van der Waals surface area contributed by atoms with Gasteiger partial charge >= 0.3 is 5.97 Å². The second kappa shape index (κ2) is 8.93. The van der Waals surface area contributed by atoms with E-state index in [1.165, 1.54) is 57.6 Å². The molecule has 0 amide bonds. The molecule has 0 radical (unpaired) electrons. The Kier molecular flexibility index (Phi) is 6.78. The standard InChI is InChI=1S/C21H32N2O4S/c1-22(2)28(25,26)19-11-7-8-16(12-19)14-23-15-18(13-20(23)21(24)27-3)17-9-5-4-6-10-17/h7-8,11-12,17-18,20H,4-6,9-10,13-15H2,1-3H3/t18-,20+/m1/s1. The van der Waals surface area contributed by atoms with Gasteiger partial charge in [0.25, 0.3) is 0 Å². The van der Waals surface area contributed by atoms with Crippen LogP contribution in [0.2, 0.25) is 0 Å². The number of esters is 1. The van der Waals surface area contributed by atoms with Crippen LogP contribution >= 0.6 is 0 Å². The van der Waals surface area contributed by atoms with Crippen LogP contribution in [0.1, 0.15) is 44.1 Å². The molecule has 1 saturated heterocycles. The number of hydrogen-bond donors (Lipinski definition) is 0. The Bertz CT molecular complexity index is 787. The van der Waals surface area contributed by atoms with Crippen molar-refractivity contribution in [1.82, 2.24) is 9.21 Å². The largest absolute Gasteiger partial charge is 0.468 e. The van der Waals surface area contributed by atoms with Crippen molar-refractivity contribution < 1.29 is 17.9 Å². The number of likely N-dealkylation sites (tertiary alicyclic amines) is 1. The van der Waals surface area contributed by atoms with Gasteiger partial charge in [-0.25, -0.2) is 12.7 Å². The van der Waals surface area contributed by atoms with Crippen LogP contribution in [0.5, 0.6) is 0 Å². The number of rotatable bonds is 6. The van der Waals surface area contributed by atoms with Gasteiger partial charge in [0.05, 0.1) is 12.0 Å². The second-order valence-electron chi connectivity index (χ2n) is 8.30. The van der Waals surface area contributed by atoms with Gasteiger partial charge < -0.3 is 4.74 Å². The first-order valence-corrected chi connectivity index (χ1v) is 11.6. The fourth-order valence-corrected chi connectivity index (χ4v) is 5.66. The molecule has 1 aliphatic carbocycles. The molecule has 2 atom stereocenters. The molecule has 6 nitrogen and oxygen atoms in total. The number of carbonyl (C=O) groups excluding carboxylic acids is 1. The van der Waals surface area contributed by atoms with Crippen molar-refractivity contribution in [3.05, 3.63) is 29.8 Å². The molecule has 1 heterocycles. The van der Waals surface area contributed by atoms with Crippen LogP contribution in [0, 0.1) is 11.8 Å². The number of nitrogens with zero attached hydrogens (tertiary/aromatic N) is 2. The first kappa shape index (κ1) is 21.3. The Labute approximate surface area is 168 Å². The van der Waals surface area contributed by atoms with Crippen LogP contribution in [-0.4, -0.2) is 57.4 Å². The van der Waals surface area contributed by atoms with Gasteiger partial charge in [-0.1, -0.05) is 44.2 Å². The van der Waals surface area contributed by atoms with Crippen molar-refractivity contribution >= 4 is 16.0 Å². The maximum atomic E-state index is 12.4. The normalized spacial score (nSPS) is 24.6.